The van der Waals surface area contributed by atoms with Crippen LogP contribution in [0.2, 0.25) is 0 Å². The highest BCUT2D eigenvalue weighted by atomic mass is 19.4. The third kappa shape index (κ3) is 4.62. The molecule has 0 saturated carbocycles. The van der Waals surface area contributed by atoms with Crippen molar-refractivity contribution in [2.45, 2.75) is 32.5 Å². The molecule has 0 radical (unpaired) electrons. The van der Waals surface area contributed by atoms with Crippen LogP contribution in [0.5, 0.6) is 0 Å². The number of hydrogen-bond donors (Lipinski definition) is 3. The molecular formula is C22H18F4N6O4. The molecule has 14 heteroatoms. The standard InChI is InChI=1S/C22H18F4N6O4/c1-10-17(36-11(2)28-10)18(33)29-12-4-5-15(23)14(6-12)16-9-32-8-13(7-27-20(32)31-16)30-19(34)21(3,35)22(24,25)26/h4-9,35H,1-3H3,(H,29,33)(H,30,34)/t21-/m0/s1. The predicted molar refractivity (Wildman–Crippen MR) is 118 cm³/mol. The Balaban J connectivity index is 1.60. The number of carbonyl (C=O) groups is 2. The zero-order chi connectivity index (χ0) is 26.4. The van der Waals surface area contributed by atoms with Crippen molar-refractivity contribution in [3.05, 3.63) is 60.0 Å². The predicted octanol–water partition coefficient (Wildman–Crippen LogP) is 3.64. The molecule has 10 nitrogen and oxygen atoms in total. The molecule has 0 fully saturated rings. The van der Waals surface area contributed by atoms with Gasteiger partial charge < -0.3 is 20.2 Å². The molecule has 0 unspecified atom stereocenters. The summed E-state index contributed by atoms with van der Waals surface area (Å²) in [7, 11) is 0. The van der Waals surface area contributed by atoms with E-state index in [1.165, 1.54) is 28.9 Å². The number of oxazole rings is 1. The van der Waals surface area contributed by atoms with Crippen LogP contribution in [0.15, 0.2) is 41.2 Å². The van der Waals surface area contributed by atoms with Crippen LogP contribution in [0.25, 0.3) is 17.0 Å². The van der Waals surface area contributed by atoms with Crippen LogP contribution in [0, 0.1) is 19.7 Å². The number of carbonyl (C=O) groups excluding carboxylic acids is 2. The Hall–Kier alpha value is -4.33. The molecule has 0 spiro atoms. The molecule has 4 rings (SSSR count). The number of halogens is 4. The van der Waals surface area contributed by atoms with Crippen molar-refractivity contribution in [3.63, 3.8) is 0 Å². The highest BCUT2D eigenvalue weighted by molar-refractivity contribution is 6.03. The number of benzene rings is 1. The minimum Gasteiger partial charge on any atom is -0.436 e. The molecular weight excluding hydrogens is 488 g/mol. The van der Waals surface area contributed by atoms with E-state index in [2.05, 4.69) is 20.3 Å². The molecule has 36 heavy (non-hydrogen) atoms. The maximum Gasteiger partial charge on any atom is 0.426 e. The SMILES string of the molecule is Cc1nc(C)c(C(=O)Nc2ccc(F)c(-c3cn4cc(NC(=O)[C@](C)(O)C(F)(F)F)cnc4n3)c2)o1. The van der Waals surface area contributed by atoms with Crippen molar-refractivity contribution in [3.8, 4) is 11.3 Å². The number of imidazole rings is 1. The van der Waals surface area contributed by atoms with Crippen molar-refractivity contribution >= 4 is 29.0 Å². The Labute approximate surface area is 200 Å². The van der Waals surface area contributed by atoms with E-state index in [-0.39, 0.29) is 34.2 Å². The summed E-state index contributed by atoms with van der Waals surface area (Å²) in [4.78, 5) is 36.5. The molecule has 0 aliphatic carbocycles. The first-order chi connectivity index (χ1) is 16.8. The van der Waals surface area contributed by atoms with Crippen molar-refractivity contribution in [2.24, 2.45) is 0 Å². The summed E-state index contributed by atoms with van der Waals surface area (Å²) in [6.45, 7) is 3.52. The van der Waals surface area contributed by atoms with Crippen LogP contribution in [0.1, 0.15) is 29.1 Å². The molecule has 0 bridgehead atoms. The number of hydrogen-bond acceptors (Lipinski definition) is 7. The molecule has 4 aromatic rings. The number of alkyl halides is 3. The molecule has 0 saturated heterocycles. The summed E-state index contributed by atoms with van der Waals surface area (Å²) >= 11 is 0. The van der Waals surface area contributed by atoms with Gasteiger partial charge in [-0.3, -0.25) is 14.0 Å². The number of amides is 2. The normalized spacial score (nSPS) is 13.4. The zero-order valence-corrected chi connectivity index (χ0v) is 18.9. The molecule has 1 aromatic carbocycles. The van der Waals surface area contributed by atoms with E-state index in [1.54, 1.807) is 13.8 Å². The van der Waals surface area contributed by atoms with Crippen molar-refractivity contribution in [1.29, 1.82) is 0 Å². The molecule has 1 atom stereocenters. The van der Waals surface area contributed by atoms with Gasteiger partial charge in [0, 0.05) is 30.6 Å². The number of nitrogens with zero attached hydrogens (tertiary/aromatic N) is 4. The zero-order valence-electron chi connectivity index (χ0n) is 18.9. The minimum atomic E-state index is -5.19. The fraction of sp³-hybridized carbons (Fsp3) is 0.227. The van der Waals surface area contributed by atoms with E-state index in [0.29, 0.717) is 18.5 Å². The van der Waals surface area contributed by atoms with Crippen LogP contribution in [-0.4, -0.2) is 48.1 Å². The van der Waals surface area contributed by atoms with Crippen LogP contribution >= 0.6 is 0 Å². The molecule has 3 aromatic heterocycles. The van der Waals surface area contributed by atoms with Gasteiger partial charge in [0.15, 0.2) is 5.89 Å². The lowest BCUT2D eigenvalue weighted by molar-refractivity contribution is -0.242. The fourth-order valence-electron chi connectivity index (χ4n) is 3.19. The second-order valence-electron chi connectivity index (χ2n) is 8.00. The summed E-state index contributed by atoms with van der Waals surface area (Å²) in [6.07, 6.45) is -1.64. The monoisotopic (exact) mass is 506 g/mol. The van der Waals surface area contributed by atoms with Gasteiger partial charge in [-0.25, -0.2) is 19.3 Å². The second kappa shape index (κ2) is 8.71. The van der Waals surface area contributed by atoms with Crippen molar-refractivity contribution in [1.82, 2.24) is 19.4 Å². The summed E-state index contributed by atoms with van der Waals surface area (Å²) in [5.41, 5.74) is -3.09. The number of aromatic nitrogens is 4. The van der Waals surface area contributed by atoms with Gasteiger partial charge >= 0.3 is 6.18 Å². The van der Waals surface area contributed by atoms with Crippen molar-refractivity contribution in [2.75, 3.05) is 10.6 Å². The Kier molecular flexibility index (Phi) is 6.00. The largest absolute Gasteiger partial charge is 0.436 e. The number of fused-ring (bicyclic) bond motifs is 1. The van der Waals surface area contributed by atoms with Gasteiger partial charge in [-0.2, -0.15) is 13.2 Å². The lowest BCUT2D eigenvalue weighted by atomic mass is 10.1. The fourth-order valence-corrected chi connectivity index (χ4v) is 3.19. The highest BCUT2D eigenvalue weighted by Crippen LogP contribution is 2.31. The number of nitrogens with one attached hydrogen (secondary N) is 2. The number of aryl methyl sites for hydroxylation is 2. The van der Waals surface area contributed by atoms with Gasteiger partial charge in [0.2, 0.25) is 17.1 Å². The average Bonchev–Trinajstić information content (AvgIpc) is 3.36. The first kappa shape index (κ1) is 24.8. The van der Waals surface area contributed by atoms with E-state index in [9.17, 15) is 32.3 Å². The van der Waals surface area contributed by atoms with Crippen LogP contribution in [0.4, 0.5) is 28.9 Å². The smallest absolute Gasteiger partial charge is 0.426 e. The molecule has 2 amide bonds. The summed E-state index contributed by atoms with van der Waals surface area (Å²) < 4.78 is 59.8. The van der Waals surface area contributed by atoms with E-state index in [1.807, 2.05) is 5.32 Å². The van der Waals surface area contributed by atoms with Crippen LogP contribution in [-0.2, 0) is 4.79 Å². The topological polar surface area (TPSA) is 135 Å². The Morgan fingerprint density at radius 1 is 1.08 bits per heavy atom. The van der Waals surface area contributed by atoms with Crippen LogP contribution < -0.4 is 10.6 Å². The van der Waals surface area contributed by atoms with E-state index < -0.39 is 29.4 Å². The van der Waals surface area contributed by atoms with E-state index in [4.69, 9.17) is 4.42 Å². The number of anilines is 2. The minimum absolute atomic E-state index is 0.00522. The van der Waals surface area contributed by atoms with E-state index in [0.717, 1.165) is 12.3 Å². The first-order valence-electron chi connectivity index (χ1n) is 10.3. The molecule has 3 N–H and O–H groups in total. The van der Waals surface area contributed by atoms with Gasteiger partial charge in [0.1, 0.15) is 5.82 Å². The summed E-state index contributed by atoms with van der Waals surface area (Å²) in [6, 6.07) is 3.78. The third-order valence-corrected chi connectivity index (χ3v) is 5.17. The number of rotatable bonds is 5. The van der Waals surface area contributed by atoms with Gasteiger partial charge in [-0.05, 0) is 32.0 Å². The average molecular weight is 506 g/mol. The van der Waals surface area contributed by atoms with Crippen LogP contribution in [0.3, 0.4) is 0 Å². The third-order valence-electron chi connectivity index (χ3n) is 5.17. The number of aliphatic hydroxyl groups is 1. The quantitative estimate of drug-likeness (QED) is 0.352. The maximum absolute atomic E-state index is 14.6. The van der Waals surface area contributed by atoms with Gasteiger partial charge in [-0.1, -0.05) is 0 Å². The van der Waals surface area contributed by atoms with Gasteiger partial charge in [0.25, 0.3) is 11.8 Å². The Bertz CT molecular complexity index is 1490. The Morgan fingerprint density at radius 3 is 2.44 bits per heavy atom. The Morgan fingerprint density at radius 2 is 1.81 bits per heavy atom. The first-order valence-corrected chi connectivity index (χ1v) is 10.3. The molecule has 0 aliphatic rings. The molecule has 0 aliphatic heterocycles. The lowest BCUT2D eigenvalue weighted by Gasteiger charge is -2.24. The highest BCUT2D eigenvalue weighted by Gasteiger charge is 2.55. The van der Waals surface area contributed by atoms with Crippen molar-refractivity contribution < 1.29 is 36.7 Å². The van der Waals surface area contributed by atoms with Gasteiger partial charge in [-0.15, -0.1) is 0 Å². The van der Waals surface area contributed by atoms with Gasteiger partial charge in [0.05, 0.1) is 23.3 Å². The summed E-state index contributed by atoms with van der Waals surface area (Å²) in [5.74, 6) is -2.59. The maximum atomic E-state index is 14.6. The second-order valence-corrected chi connectivity index (χ2v) is 8.00. The summed E-state index contributed by atoms with van der Waals surface area (Å²) in [5, 5.41) is 14.0. The van der Waals surface area contributed by atoms with E-state index >= 15 is 0 Å². The molecule has 3 heterocycles. The lowest BCUT2D eigenvalue weighted by Crippen LogP contribution is -2.52. The molecule has 188 valence electrons.